The molecule has 72 valence electrons. The summed E-state index contributed by atoms with van der Waals surface area (Å²) in [6, 6.07) is 7.57. The van der Waals surface area contributed by atoms with E-state index in [2.05, 4.69) is 6.26 Å². The van der Waals surface area contributed by atoms with Crippen molar-refractivity contribution in [1.82, 2.24) is 0 Å². The van der Waals surface area contributed by atoms with Crippen LogP contribution in [-0.4, -0.2) is 5.11 Å². The summed E-state index contributed by atoms with van der Waals surface area (Å²) in [5.41, 5.74) is 1.39. The van der Waals surface area contributed by atoms with Gasteiger partial charge in [0.2, 0.25) is 0 Å². The van der Waals surface area contributed by atoms with E-state index in [1.54, 1.807) is 6.08 Å². The second-order valence-electron chi connectivity index (χ2n) is 3.07. The Balaban J connectivity index is 0.00000112. The van der Waals surface area contributed by atoms with Crippen LogP contribution in [-0.2, 0) is 0 Å². The zero-order chi connectivity index (χ0) is 9.97. The van der Waals surface area contributed by atoms with Crippen molar-refractivity contribution in [3.05, 3.63) is 42.2 Å². The van der Waals surface area contributed by atoms with E-state index in [9.17, 15) is 5.11 Å². The molecule has 2 aromatic rings. The fourth-order valence-corrected chi connectivity index (χ4v) is 1.41. The van der Waals surface area contributed by atoms with Crippen molar-refractivity contribution in [2.24, 2.45) is 0 Å². The first kappa shape index (κ1) is 12.4. The Kier molecular flexibility index (Phi) is 4.45. The molecule has 1 heterocycles. The average molecular weight is 210 g/mol. The molecule has 0 saturated heterocycles. The number of allylic oxidation sites excluding steroid dienone is 1. The Labute approximate surface area is 111 Å². The van der Waals surface area contributed by atoms with Gasteiger partial charge in [-0.25, -0.2) is 0 Å². The predicted octanol–water partition coefficient (Wildman–Crippen LogP) is 0.546. The van der Waals surface area contributed by atoms with Crippen molar-refractivity contribution in [3.8, 4) is 0 Å². The van der Waals surface area contributed by atoms with E-state index in [1.807, 2.05) is 31.2 Å². The SMILES string of the molecule is CC/C=C(\O)c1[c-]oc2ccccc12.[Na+]. The van der Waals surface area contributed by atoms with Gasteiger partial charge in [-0.15, -0.1) is 6.07 Å². The molecule has 0 atom stereocenters. The molecule has 15 heavy (non-hydrogen) atoms. The molecule has 0 amide bonds. The molecule has 0 aliphatic rings. The molecule has 0 spiro atoms. The van der Waals surface area contributed by atoms with E-state index in [1.165, 1.54) is 0 Å². The first-order valence-corrected chi connectivity index (χ1v) is 4.61. The molecule has 0 unspecified atom stereocenters. The summed E-state index contributed by atoms with van der Waals surface area (Å²) < 4.78 is 5.19. The van der Waals surface area contributed by atoms with E-state index in [0.29, 0.717) is 5.56 Å². The average Bonchev–Trinajstić information content (AvgIpc) is 2.61. The Hall–Kier alpha value is -0.700. The zero-order valence-corrected chi connectivity index (χ0v) is 10.9. The maximum absolute atomic E-state index is 9.68. The number of benzene rings is 1. The standard InChI is InChI=1S/C12H11O2.Na/c1-2-5-11(13)10-8-14-12-7-4-3-6-9(10)12;/h3-7,13H,2H2,1H3;/q-1;+1/b11-5-;. The quantitative estimate of drug-likeness (QED) is 0.446. The van der Waals surface area contributed by atoms with Crippen molar-refractivity contribution in [2.75, 3.05) is 0 Å². The topological polar surface area (TPSA) is 33.4 Å². The summed E-state index contributed by atoms with van der Waals surface area (Å²) >= 11 is 0. The number of rotatable bonds is 2. The first-order valence-electron chi connectivity index (χ1n) is 4.61. The maximum atomic E-state index is 9.68. The number of para-hydroxylation sites is 1. The molecule has 0 radical (unpaired) electrons. The largest absolute Gasteiger partial charge is 1.00 e. The fourth-order valence-electron chi connectivity index (χ4n) is 1.41. The van der Waals surface area contributed by atoms with Crippen LogP contribution < -0.4 is 29.6 Å². The van der Waals surface area contributed by atoms with Gasteiger partial charge in [0.1, 0.15) is 0 Å². The van der Waals surface area contributed by atoms with Gasteiger partial charge in [0.25, 0.3) is 0 Å². The van der Waals surface area contributed by atoms with Gasteiger partial charge >= 0.3 is 29.6 Å². The molecule has 2 nitrogen and oxygen atoms in total. The van der Waals surface area contributed by atoms with Crippen molar-refractivity contribution in [3.63, 3.8) is 0 Å². The number of hydrogen-bond donors (Lipinski definition) is 1. The van der Waals surface area contributed by atoms with Crippen LogP contribution >= 0.6 is 0 Å². The van der Waals surface area contributed by atoms with E-state index in [0.717, 1.165) is 17.4 Å². The minimum absolute atomic E-state index is 0. The number of fused-ring (bicyclic) bond motifs is 1. The molecule has 1 aromatic carbocycles. The normalized spacial score (nSPS) is 11.4. The van der Waals surface area contributed by atoms with Crippen LogP contribution in [0.1, 0.15) is 18.9 Å². The second-order valence-corrected chi connectivity index (χ2v) is 3.07. The van der Waals surface area contributed by atoms with Crippen LogP contribution in [0, 0.1) is 6.26 Å². The summed E-state index contributed by atoms with van der Waals surface area (Å²) in [5.74, 6) is 0.234. The van der Waals surface area contributed by atoms with Crippen molar-refractivity contribution in [1.29, 1.82) is 0 Å². The van der Waals surface area contributed by atoms with Crippen LogP contribution in [0.4, 0.5) is 0 Å². The van der Waals surface area contributed by atoms with Gasteiger partial charge in [0, 0.05) is 17.6 Å². The molecule has 0 saturated carbocycles. The van der Waals surface area contributed by atoms with Crippen LogP contribution in [0.25, 0.3) is 16.7 Å². The molecule has 1 N–H and O–H groups in total. The van der Waals surface area contributed by atoms with Gasteiger partial charge in [0.05, 0.1) is 0 Å². The maximum Gasteiger partial charge on any atom is 1.00 e. The fraction of sp³-hybridized carbons (Fsp3) is 0.167. The van der Waals surface area contributed by atoms with Crippen LogP contribution in [0.2, 0.25) is 0 Å². The van der Waals surface area contributed by atoms with E-state index >= 15 is 0 Å². The van der Waals surface area contributed by atoms with E-state index < -0.39 is 0 Å². The Morgan fingerprint density at radius 1 is 1.47 bits per heavy atom. The van der Waals surface area contributed by atoms with Crippen LogP contribution in [0.3, 0.4) is 0 Å². The molecular weight excluding hydrogens is 199 g/mol. The Morgan fingerprint density at radius 2 is 2.20 bits per heavy atom. The molecule has 1 aromatic heterocycles. The van der Waals surface area contributed by atoms with Gasteiger partial charge < -0.3 is 9.52 Å². The molecule has 3 heteroatoms. The summed E-state index contributed by atoms with van der Waals surface area (Å²) in [4.78, 5) is 0. The van der Waals surface area contributed by atoms with Gasteiger partial charge in [-0.2, -0.15) is 0 Å². The monoisotopic (exact) mass is 210 g/mol. The number of hydrogen-bond acceptors (Lipinski definition) is 2. The van der Waals surface area contributed by atoms with Crippen molar-refractivity contribution >= 4 is 16.7 Å². The van der Waals surface area contributed by atoms with E-state index in [-0.39, 0.29) is 35.3 Å². The molecule has 0 fully saturated rings. The summed E-state index contributed by atoms with van der Waals surface area (Å²) in [6.45, 7) is 1.97. The molecule has 2 rings (SSSR count). The number of aliphatic hydroxyl groups excluding tert-OH is 1. The summed E-state index contributed by atoms with van der Waals surface area (Å²) in [5, 5.41) is 10.6. The molecule has 0 bridgehead atoms. The van der Waals surface area contributed by atoms with Crippen molar-refractivity contribution < 1.29 is 39.1 Å². The van der Waals surface area contributed by atoms with Gasteiger partial charge in [0.15, 0.2) is 0 Å². The summed E-state index contributed by atoms with van der Waals surface area (Å²) in [7, 11) is 0. The van der Waals surface area contributed by atoms with Gasteiger partial charge in [-0.3, -0.25) is 0 Å². The van der Waals surface area contributed by atoms with E-state index in [4.69, 9.17) is 4.42 Å². The Morgan fingerprint density at radius 3 is 2.93 bits per heavy atom. The third-order valence-corrected chi connectivity index (χ3v) is 2.07. The smallest absolute Gasteiger partial charge is 0.557 e. The van der Waals surface area contributed by atoms with Crippen molar-refractivity contribution in [2.45, 2.75) is 13.3 Å². The first-order chi connectivity index (χ1) is 6.83. The Bertz CT molecular complexity index is 471. The molecule has 0 aliphatic heterocycles. The minimum Gasteiger partial charge on any atom is -0.557 e. The zero-order valence-electron chi connectivity index (χ0n) is 8.95. The molecule has 0 aliphatic carbocycles. The third kappa shape index (κ3) is 2.46. The third-order valence-electron chi connectivity index (χ3n) is 2.07. The predicted molar refractivity (Wildman–Crippen MR) is 55.9 cm³/mol. The van der Waals surface area contributed by atoms with Crippen LogP contribution in [0.5, 0.6) is 0 Å². The summed E-state index contributed by atoms with van der Waals surface area (Å²) in [6.07, 6.45) is 5.24. The minimum atomic E-state index is 0. The van der Waals surface area contributed by atoms with Gasteiger partial charge in [-0.05, 0) is 6.42 Å². The molecular formula is C12H11NaO2. The van der Waals surface area contributed by atoms with Gasteiger partial charge in [-0.1, -0.05) is 42.1 Å². The number of aliphatic hydroxyl groups is 1. The number of furan rings is 1. The van der Waals surface area contributed by atoms with Crippen LogP contribution in [0.15, 0.2) is 34.8 Å². The second kappa shape index (κ2) is 5.40.